The van der Waals surface area contributed by atoms with E-state index in [0.29, 0.717) is 11.4 Å². The van der Waals surface area contributed by atoms with E-state index in [2.05, 4.69) is 21.2 Å². The van der Waals surface area contributed by atoms with Crippen LogP contribution in [0.5, 0.6) is 5.75 Å². The number of nitrogens with one attached hydrogen (secondary N) is 1. The highest BCUT2D eigenvalue weighted by Crippen LogP contribution is 2.26. The van der Waals surface area contributed by atoms with E-state index in [9.17, 15) is 18.0 Å². The van der Waals surface area contributed by atoms with Gasteiger partial charge in [-0.3, -0.25) is 13.9 Å². The number of nitrogens with zero attached hydrogens (tertiary/aromatic N) is 2. The van der Waals surface area contributed by atoms with Gasteiger partial charge in [-0.25, -0.2) is 8.42 Å². The number of benzene rings is 3. The second-order valence-electron chi connectivity index (χ2n) is 10.2. The lowest BCUT2D eigenvalue weighted by molar-refractivity contribution is -0.139. The van der Waals surface area contributed by atoms with E-state index in [1.165, 1.54) is 17.0 Å². The first-order chi connectivity index (χ1) is 19.7. The van der Waals surface area contributed by atoms with Crippen LogP contribution in [0.3, 0.4) is 0 Å². The van der Waals surface area contributed by atoms with Crippen molar-refractivity contribution in [3.05, 3.63) is 88.9 Å². The quantitative estimate of drug-likeness (QED) is 0.297. The second-order valence-corrected chi connectivity index (χ2v) is 13.0. The van der Waals surface area contributed by atoms with Crippen LogP contribution in [0.4, 0.5) is 5.69 Å². The van der Waals surface area contributed by atoms with Crippen molar-refractivity contribution in [1.82, 2.24) is 10.2 Å². The van der Waals surface area contributed by atoms with Gasteiger partial charge in [0.2, 0.25) is 11.8 Å². The van der Waals surface area contributed by atoms with E-state index in [1.807, 2.05) is 12.1 Å². The van der Waals surface area contributed by atoms with Crippen LogP contribution in [0.15, 0.2) is 88.2 Å². The van der Waals surface area contributed by atoms with Crippen LogP contribution in [0, 0.1) is 0 Å². The standard InChI is InChI=1S/C31H36BrN3O5S/c1-23(31(37)33-26-11-5-3-6-12-26)34(21-24-10-9-13-28(20-24)40-2)30(36)22-35(27-18-16-25(32)17-19-27)41(38,39)29-14-7-4-8-15-29/h4,7-10,13-20,23,26H,3,5-6,11-12,21-22H2,1-2H3,(H,33,37). The minimum atomic E-state index is -4.10. The summed E-state index contributed by atoms with van der Waals surface area (Å²) in [5.41, 5.74) is 1.10. The third-order valence-electron chi connectivity index (χ3n) is 7.33. The maximum Gasteiger partial charge on any atom is 0.264 e. The lowest BCUT2D eigenvalue weighted by atomic mass is 9.95. The van der Waals surface area contributed by atoms with Crippen molar-refractivity contribution in [3.63, 3.8) is 0 Å². The summed E-state index contributed by atoms with van der Waals surface area (Å²) in [5.74, 6) is -0.131. The zero-order valence-electron chi connectivity index (χ0n) is 23.3. The fourth-order valence-electron chi connectivity index (χ4n) is 4.97. The lowest BCUT2D eigenvalue weighted by Gasteiger charge is -2.33. The van der Waals surface area contributed by atoms with Crippen molar-refractivity contribution in [2.24, 2.45) is 0 Å². The molecule has 1 N–H and O–H groups in total. The molecule has 0 heterocycles. The fraction of sp³-hybridized carbons (Fsp3) is 0.355. The van der Waals surface area contributed by atoms with Gasteiger partial charge < -0.3 is 15.0 Å². The molecule has 0 radical (unpaired) electrons. The first-order valence-electron chi connectivity index (χ1n) is 13.7. The summed E-state index contributed by atoms with van der Waals surface area (Å²) in [5, 5.41) is 3.12. The monoisotopic (exact) mass is 641 g/mol. The van der Waals surface area contributed by atoms with Crippen LogP contribution in [-0.4, -0.2) is 50.9 Å². The highest BCUT2D eigenvalue weighted by Gasteiger charge is 2.33. The van der Waals surface area contributed by atoms with Crippen LogP contribution in [0.25, 0.3) is 0 Å². The van der Waals surface area contributed by atoms with Crippen molar-refractivity contribution < 1.29 is 22.7 Å². The Balaban J connectivity index is 1.67. The minimum absolute atomic E-state index is 0.0677. The first kappa shape index (κ1) is 30.6. The van der Waals surface area contributed by atoms with Gasteiger partial charge in [-0.15, -0.1) is 0 Å². The number of hydrogen-bond acceptors (Lipinski definition) is 5. The van der Waals surface area contributed by atoms with E-state index in [-0.39, 0.29) is 23.4 Å². The molecule has 8 nitrogen and oxygen atoms in total. The molecule has 3 aromatic carbocycles. The van der Waals surface area contributed by atoms with Gasteiger partial charge in [0.25, 0.3) is 10.0 Å². The van der Waals surface area contributed by atoms with Crippen molar-refractivity contribution >= 4 is 43.5 Å². The molecule has 218 valence electrons. The van der Waals surface area contributed by atoms with Crippen molar-refractivity contribution in [2.45, 2.75) is 62.6 Å². The molecule has 1 atom stereocenters. The van der Waals surface area contributed by atoms with Crippen LogP contribution in [0.1, 0.15) is 44.6 Å². The molecule has 0 aromatic heterocycles. The third-order valence-corrected chi connectivity index (χ3v) is 9.65. The SMILES string of the molecule is COc1cccc(CN(C(=O)CN(c2ccc(Br)cc2)S(=O)(=O)c2ccccc2)C(C)C(=O)NC2CCCCC2)c1. The van der Waals surface area contributed by atoms with E-state index < -0.39 is 28.5 Å². The molecular formula is C31H36BrN3O5S. The van der Waals surface area contributed by atoms with Gasteiger partial charge in [0.1, 0.15) is 18.3 Å². The number of carbonyl (C=O) groups excluding carboxylic acids is 2. The first-order valence-corrected chi connectivity index (χ1v) is 16.0. The van der Waals surface area contributed by atoms with Crippen LogP contribution < -0.4 is 14.4 Å². The number of anilines is 1. The van der Waals surface area contributed by atoms with E-state index in [1.54, 1.807) is 68.6 Å². The van der Waals surface area contributed by atoms with Gasteiger partial charge in [0.05, 0.1) is 17.7 Å². The van der Waals surface area contributed by atoms with Gasteiger partial charge in [-0.2, -0.15) is 0 Å². The molecule has 0 saturated heterocycles. The molecule has 1 saturated carbocycles. The Morgan fingerprint density at radius 3 is 2.32 bits per heavy atom. The molecule has 1 aliphatic carbocycles. The molecule has 41 heavy (non-hydrogen) atoms. The summed E-state index contributed by atoms with van der Waals surface area (Å²) in [7, 11) is -2.54. The number of amides is 2. The average molecular weight is 643 g/mol. The highest BCUT2D eigenvalue weighted by atomic mass is 79.9. The molecule has 1 aliphatic rings. The number of rotatable bonds is 11. The number of carbonyl (C=O) groups is 2. The molecule has 4 rings (SSSR count). The molecular weight excluding hydrogens is 606 g/mol. The van der Waals surface area contributed by atoms with Crippen LogP contribution in [0.2, 0.25) is 0 Å². The zero-order chi connectivity index (χ0) is 29.4. The highest BCUT2D eigenvalue weighted by molar-refractivity contribution is 9.10. The Morgan fingerprint density at radius 1 is 0.976 bits per heavy atom. The van der Waals surface area contributed by atoms with Crippen molar-refractivity contribution in [3.8, 4) is 5.75 Å². The molecule has 1 unspecified atom stereocenters. The smallest absolute Gasteiger partial charge is 0.264 e. The number of methoxy groups -OCH3 is 1. The van der Waals surface area contributed by atoms with Crippen LogP contribution >= 0.6 is 15.9 Å². The van der Waals surface area contributed by atoms with Gasteiger partial charge in [0, 0.05) is 17.1 Å². The normalized spacial score (nSPS) is 14.6. The zero-order valence-corrected chi connectivity index (χ0v) is 25.7. The Kier molecular flexibility index (Phi) is 10.4. The summed E-state index contributed by atoms with van der Waals surface area (Å²) < 4.78 is 34.9. The average Bonchev–Trinajstić information content (AvgIpc) is 2.99. The summed E-state index contributed by atoms with van der Waals surface area (Å²) in [6.07, 6.45) is 5.10. The number of halogens is 1. The topological polar surface area (TPSA) is 96.0 Å². The Hall–Kier alpha value is -3.37. The largest absolute Gasteiger partial charge is 0.497 e. The van der Waals surface area contributed by atoms with Crippen molar-refractivity contribution in [2.75, 3.05) is 18.0 Å². The third kappa shape index (κ3) is 7.89. The molecule has 1 fully saturated rings. The molecule has 10 heteroatoms. The van der Waals surface area contributed by atoms with Gasteiger partial charge in [-0.1, -0.05) is 65.5 Å². The lowest BCUT2D eigenvalue weighted by Crippen LogP contribution is -2.53. The molecule has 3 aromatic rings. The molecule has 0 aliphatic heterocycles. The Morgan fingerprint density at radius 2 is 1.66 bits per heavy atom. The maximum atomic E-state index is 14.1. The second kappa shape index (κ2) is 14.0. The van der Waals surface area contributed by atoms with Crippen LogP contribution in [-0.2, 0) is 26.2 Å². The number of hydrogen-bond donors (Lipinski definition) is 1. The Bertz CT molecular complexity index is 1430. The van der Waals surface area contributed by atoms with Crippen molar-refractivity contribution in [1.29, 1.82) is 0 Å². The van der Waals surface area contributed by atoms with Gasteiger partial charge in [-0.05, 0) is 73.9 Å². The molecule has 0 spiro atoms. The summed E-state index contributed by atoms with van der Waals surface area (Å²) in [4.78, 5) is 29.0. The predicted molar refractivity (Wildman–Crippen MR) is 163 cm³/mol. The van der Waals surface area contributed by atoms with E-state index >= 15 is 0 Å². The van der Waals surface area contributed by atoms with Gasteiger partial charge >= 0.3 is 0 Å². The molecule has 2 amide bonds. The summed E-state index contributed by atoms with van der Waals surface area (Å²) in [6.45, 7) is 1.31. The number of ether oxygens (including phenoxy) is 1. The predicted octanol–water partition coefficient (Wildman–Crippen LogP) is 5.52. The summed E-state index contributed by atoms with van der Waals surface area (Å²) >= 11 is 3.39. The van der Waals surface area contributed by atoms with Gasteiger partial charge in [0.15, 0.2) is 0 Å². The maximum absolute atomic E-state index is 14.1. The number of sulfonamides is 1. The Labute approximate surface area is 250 Å². The fourth-order valence-corrected chi connectivity index (χ4v) is 6.67. The van der Waals surface area contributed by atoms with E-state index in [0.717, 1.165) is 46.4 Å². The van der Waals surface area contributed by atoms with E-state index in [4.69, 9.17) is 4.74 Å². The minimum Gasteiger partial charge on any atom is -0.497 e. The summed E-state index contributed by atoms with van der Waals surface area (Å²) in [6, 6.07) is 21.3. The molecule has 0 bridgehead atoms.